The molecule has 0 aliphatic rings. The van der Waals surface area contributed by atoms with Gasteiger partial charge in [0.15, 0.2) is 0 Å². The molecule has 0 aromatic heterocycles. The van der Waals surface area contributed by atoms with E-state index >= 15 is 0 Å². The lowest BCUT2D eigenvalue weighted by molar-refractivity contribution is 0.0471. The Kier molecular flexibility index (Phi) is 10.3. The van der Waals surface area contributed by atoms with Gasteiger partial charge in [-0.2, -0.15) is 0 Å². The van der Waals surface area contributed by atoms with Crippen molar-refractivity contribution in [3.63, 3.8) is 0 Å². The van der Waals surface area contributed by atoms with Crippen LogP contribution < -0.4 is 10.6 Å². The number of hydrogen-bond acceptors (Lipinski definition) is 6. The summed E-state index contributed by atoms with van der Waals surface area (Å²) in [6.07, 6.45) is 3.12. The van der Waals surface area contributed by atoms with Gasteiger partial charge in [-0.15, -0.1) is 0 Å². The Bertz CT molecular complexity index is 423. The van der Waals surface area contributed by atoms with E-state index in [1.54, 1.807) is 53.7 Å². The van der Waals surface area contributed by atoms with Crippen LogP contribution in [0.1, 0.15) is 54.4 Å². The number of aliphatic hydroxyl groups excluding tert-OH is 2. The van der Waals surface area contributed by atoms with Crippen molar-refractivity contribution in [2.45, 2.75) is 77.7 Å². The molecule has 0 rings (SSSR count). The average Bonchev–Trinajstić information content (AvgIpc) is 2.45. The molecule has 2 unspecified atom stereocenters. The van der Waals surface area contributed by atoms with E-state index in [-0.39, 0.29) is 13.2 Å². The van der Waals surface area contributed by atoms with Crippen molar-refractivity contribution < 1.29 is 29.3 Å². The van der Waals surface area contributed by atoms with Crippen LogP contribution in [-0.2, 0) is 9.47 Å². The molecular weight excluding hydrogens is 340 g/mol. The predicted octanol–water partition coefficient (Wildman–Crippen LogP) is 2.09. The van der Waals surface area contributed by atoms with Crippen LogP contribution >= 0.6 is 0 Å². The van der Waals surface area contributed by atoms with E-state index in [0.29, 0.717) is 12.8 Å². The summed E-state index contributed by atoms with van der Waals surface area (Å²) in [7, 11) is 0. The molecule has 0 aromatic carbocycles. The van der Waals surface area contributed by atoms with Gasteiger partial charge in [0.2, 0.25) is 0 Å². The highest BCUT2D eigenvalue weighted by atomic mass is 16.6. The van der Waals surface area contributed by atoms with Crippen molar-refractivity contribution in [2.75, 3.05) is 13.2 Å². The standard InChI is InChI=1S/C18H34N2O6/c1-17(2,3)25-15(23)19-13(11-21)9-7-8-10-14(12-22)20-16(24)26-18(4,5)6/h7-8,13-14,21-22H,9-12H2,1-6H3,(H,19,23)(H,20,24)/b8-7+. The number of carbonyl (C=O) groups excluding carboxylic acids is 2. The van der Waals surface area contributed by atoms with Crippen LogP contribution in [0.15, 0.2) is 12.2 Å². The molecule has 0 fully saturated rings. The lowest BCUT2D eigenvalue weighted by atomic mass is 10.1. The molecule has 0 heterocycles. The van der Waals surface area contributed by atoms with Crippen LogP contribution in [0.3, 0.4) is 0 Å². The molecule has 0 radical (unpaired) electrons. The van der Waals surface area contributed by atoms with E-state index in [4.69, 9.17) is 9.47 Å². The Morgan fingerprint density at radius 2 is 1.12 bits per heavy atom. The smallest absolute Gasteiger partial charge is 0.407 e. The highest BCUT2D eigenvalue weighted by molar-refractivity contribution is 5.68. The first-order chi connectivity index (χ1) is 11.9. The number of aliphatic hydroxyl groups is 2. The van der Waals surface area contributed by atoms with Crippen molar-refractivity contribution in [1.82, 2.24) is 10.6 Å². The number of hydrogen-bond donors (Lipinski definition) is 4. The second kappa shape index (κ2) is 11.0. The first-order valence-corrected chi connectivity index (χ1v) is 8.72. The minimum atomic E-state index is -0.610. The quantitative estimate of drug-likeness (QED) is 0.483. The Hall–Kier alpha value is -1.80. The Balaban J connectivity index is 4.34. The molecule has 0 spiro atoms. The zero-order valence-corrected chi connectivity index (χ0v) is 16.7. The highest BCUT2D eigenvalue weighted by Crippen LogP contribution is 2.08. The molecular formula is C18H34N2O6. The third-order valence-corrected chi connectivity index (χ3v) is 2.89. The van der Waals surface area contributed by atoms with Crippen LogP contribution in [0.4, 0.5) is 9.59 Å². The van der Waals surface area contributed by atoms with E-state index in [0.717, 1.165) is 0 Å². The van der Waals surface area contributed by atoms with Crippen LogP contribution in [0, 0.1) is 0 Å². The summed E-state index contributed by atoms with van der Waals surface area (Å²) in [6.45, 7) is 10.1. The molecule has 0 aliphatic carbocycles. The number of rotatable bonds is 8. The molecule has 8 nitrogen and oxygen atoms in total. The highest BCUT2D eigenvalue weighted by Gasteiger charge is 2.19. The van der Waals surface area contributed by atoms with Gasteiger partial charge < -0.3 is 30.3 Å². The van der Waals surface area contributed by atoms with Gasteiger partial charge in [-0.3, -0.25) is 0 Å². The lowest BCUT2D eigenvalue weighted by Gasteiger charge is -2.22. The topological polar surface area (TPSA) is 117 Å². The molecule has 152 valence electrons. The summed E-state index contributed by atoms with van der Waals surface area (Å²) in [5, 5.41) is 23.8. The van der Waals surface area contributed by atoms with Gasteiger partial charge in [-0.05, 0) is 54.4 Å². The molecule has 0 saturated carbocycles. The summed E-state index contributed by atoms with van der Waals surface area (Å²) in [5.41, 5.74) is -1.22. The molecule has 4 N–H and O–H groups in total. The van der Waals surface area contributed by atoms with Crippen molar-refractivity contribution in [3.05, 3.63) is 12.2 Å². The SMILES string of the molecule is CC(C)(C)OC(=O)NC(CO)C/C=C/CC(CO)NC(=O)OC(C)(C)C. The van der Waals surface area contributed by atoms with E-state index in [9.17, 15) is 19.8 Å². The van der Waals surface area contributed by atoms with Gasteiger partial charge in [0.05, 0.1) is 25.3 Å². The molecule has 0 saturated heterocycles. The average molecular weight is 374 g/mol. The molecule has 26 heavy (non-hydrogen) atoms. The van der Waals surface area contributed by atoms with Crippen LogP contribution in [-0.4, -0.2) is 58.9 Å². The Morgan fingerprint density at radius 1 is 0.808 bits per heavy atom. The van der Waals surface area contributed by atoms with Crippen LogP contribution in [0.25, 0.3) is 0 Å². The third-order valence-electron chi connectivity index (χ3n) is 2.89. The third kappa shape index (κ3) is 13.5. The zero-order valence-electron chi connectivity index (χ0n) is 16.7. The Labute approximate surface area is 155 Å². The van der Waals surface area contributed by atoms with E-state index in [1.165, 1.54) is 0 Å². The minimum absolute atomic E-state index is 0.233. The van der Waals surface area contributed by atoms with Crippen molar-refractivity contribution in [1.29, 1.82) is 0 Å². The van der Waals surface area contributed by atoms with E-state index < -0.39 is 35.5 Å². The fourth-order valence-corrected chi connectivity index (χ4v) is 1.83. The van der Waals surface area contributed by atoms with Gasteiger partial charge in [-0.1, -0.05) is 12.2 Å². The molecule has 0 bridgehead atoms. The van der Waals surface area contributed by atoms with Crippen molar-refractivity contribution in [2.24, 2.45) is 0 Å². The maximum absolute atomic E-state index is 11.7. The van der Waals surface area contributed by atoms with Gasteiger partial charge in [0.1, 0.15) is 11.2 Å². The van der Waals surface area contributed by atoms with E-state index in [1.807, 2.05) is 0 Å². The minimum Gasteiger partial charge on any atom is -0.444 e. The second-order valence-electron chi connectivity index (χ2n) is 7.99. The van der Waals surface area contributed by atoms with Gasteiger partial charge in [0, 0.05) is 0 Å². The van der Waals surface area contributed by atoms with Crippen molar-refractivity contribution >= 4 is 12.2 Å². The normalized spacial score (nSPS) is 14.6. The Morgan fingerprint density at radius 3 is 1.35 bits per heavy atom. The number of amides is 2. The van der Waals surface area contributed by atoms with Gasteiger partial charge in [-0.25, -0.2) is 9.59 Å². The molecule has 8 heteroatoms. The van der Waals surface area contributed by atoms with Gasteiger partial charge in [0.25, 0.3) is 0 Å². The lowest BCUT2D eigenvalue weighted by Crippen LogP contribution is -2.41. The maximum atomic E-state index is 11.7. The summed E-state index contributed by atoms with van der Waals surface area (Å²) in [5.74, 6) is 0. The summed E-state index contributed by atoms with van der Waals surface area (Å²) >= 11 is 0. The van der Waals surface area contributed by atoms with Crippen molar-refractivity contribution in [3.8, 4) is 0 Å². The largest absolute Gasteiger partial charge is 0.444 e. The number of ether oxygens (including phenoxy) is 2. The number of carbonyl (C=O) groups is 2. The summed E-state index contributed by atoms with van der Waals surface area (Å²) < 4.78 is 10.3. The first kappa shape index (κ1) is 24.2. The first-order valence-electron chi connectivity index (χ1n) is 8.72. The second-order valence-corrected chi connectivity index (χ2v) is 7.99. The molecule has 2 atom stereocenters. The molecule has 0 aromatic rings. The fourth-order valence-electron chi connectivity index (χ4n) is 1.83. The predicted molar refractivity (Wildman–Crippen MR) is 98.9 cm³/mol. The summed E-state index contributed by atoms with van der Waals surface area (Å²) in [6, 6.07) is -0.958. The molecule has 2 amide bonds. The van der Waals surface area contributed by atoms with Crippen LogP contribution in [0.2, 0.25) is 0 Å². The number of alkyl carbamates (subject to hydrolysis) is 2. The van der Waals surface area contributed by atoms with Crippen LogP contribution in [0.5, 0.6) is 0 Å². The van der Waals surface area contributed by atoms with Gasteiger partial charge >= 0.3 is 12.2 Å². The zero-order chi connectivity index (χ0) is 20.4. The maximum Gasteiger partial charge on any atom is 0.407 e. The number of nitrogens with one attached hydrogen (secondary N) is 2. The van der Waals surface area contributed by atoms with E-state index in [2.05, 4.69) is 10.6 Å². The summed E-state index contributed by atoms with van der Waals surface area (Å²) in [4.78, 5) is 23.4. The molecule has 0 aliphatic heterocycles. The monoisotopic (exact) mass is 374 g/mol. The fraction of sp³-hybridized carbons (Fsp3) is 0.778.